The van der Waals surface area contributed by atoms with Crippen molar-refractivity contribution >= 4 is 0 Å². The number of nitrogens with one attached hydrogen (secondary N) is 1. The van der Waals surface area contributed by atoms with E-state index < -0.39 is 0 Å². The van der Waals surface area contributed by atoms with Crippen molar-refractivity contribution in [1.29, 1.82) is 0 Å². The van der Waals surface area contributed by atoms with Crippen molar-refractivity contribution < 1.29 is 9.63 Å². The van der Waals surface area contributed by atoms with Gasteiger partial charge in [-0.25, -0.2) is 0 Å². The molecule has 0 spiro atoms. The summed E-state index contributed by atoms with van der Waals surface area (Å²) in [6, 6.07) is 0.00982. The third-order valence-electron chi connectivity index (χ3n) is 2.67. The lowest BCUT2D eigenvalue weighted by atomic mass is 10.2. The number of hydrogen-bond donors (Lipinski definition) is 2. The normalized spacial score (nSPS) is 25.5. The lowest BCUT2D eigenvalue weighted by Crippen LogP contribution is -2.16. The lowest BCUT2D eigenvalue weighted by Gasteiger charge is -2.05. The first-order valence-electron chi connectivity index (χ1n) is 5.54. The molecular formula is C10H18N4O2. The lowest BCUT2D eigenvalue weighted by molar-refractivity contribution is 0.191. The minimum atomic E-state index is -0.304. The van der Waals surface area contributed by atoms with Gasteiger partial charge < -0.3 is 19.8 Å². The van der Waals surface area contributed by atoms with E-state index in [0.29, 0.717) is 18.9 Å². The zero-order chi connectivity index (χ0) is 11.5. The van der Waals surface area contributed by atoms with Crippen LogP contribution >= 0.6 is 0 Å². The number of rotatable bonds is 4. The van der Waals surface area contributed by atoms with E-state index in [1.807, 2.05) is 14.1 Å². The molecule has 2 rings (SSSR count). The van der Waals surface area contributed by atoms with Gasteiger partial charge in [-0.2, -0.15) is 4.98 Å². The van der Waals surface area contributed by atoms with Crippen LogP contribution < -0.4 is 5.32 Å². The first kappa shape index (κ1) is 11.5. The van der Waals surface area contributed by atoms with Crippen molar-refractivity contribution in [2.75, 3.05) is 27.2 Å². The fourth-order valence-electron chi connectivity index (χ4n) is 1.74. The van der Waals surface area contributed by atoms with E-state index in [4.69, 9.17) is 4.52 Å². The molecule has 2 atom stereocenters. The van der Waals surface area contributed by atoms with Crippen LogP contribution in [0.3, 0.4) is 0 Å². The first-order chi connectivity index (χ1) is 7.65. The molecule has 1 fully saturated rings. The number of aromatic nitrogens is 2. The fourth-order valence-corrected chi connectivity index (χ4v) is 1.74. The third-order valence-corrected chi connectivity index (χ3v) is 2.67. The molecule has 1 saturated heterocycles. The molecule has 0 aliphatic carbocycles. The molecule has 16 heavy (non-hydrogen) atoms. The van der Waals surface area contributed by atoms with Crippen molar-refractivity contribution in [2.24, 2.45) is 0 Å². The van der Waals surface area contributed by atoms with Gasteiger partial charge >= 0.3 is 0 Å². The van der Waals surface area contributed by atoms with Gasteiger partial charge in [-0.15, -0.1) is 0 Å². The Morgan fingerprint density at radius 1 is 1.56 bits per heavy atom. The minimum absolute atomic E-state index is 0.00982. The van der Waals surface area contributed by atoms with Crippen LogP contribution in [0.15, 0.2) is 4.52 Å². The third kappa shape index (κ3) is 2.78. The Morgan fingerprint density at radius 3 is 3.00 bits per heavy atom. The van der Waals surface area contributed by atoms with Gasteiger partial charge in [0.05, 0.1) is 12.1 Å². The summed E-state index contributed by atoms with van der Waals surface area (Å²) in [6.45, 7) is 1.50. The monoisotopic (exact) mass is 226 g/mol. The van der Waals surface area contributed by atoms with Gasteiger partial charge in [0.15, 0.2) is 5.82 Å². The molecule has 6 heteroatoms. The number of hydrogen-bond acceptors (Lipinski definition) is 6. The van der Waals surface area contributed by atoms with E-state index in [2.05, 4.69) is 20.4 Å². The molecule has 0 unspecified atom stereocenters. The molecule has 1 aromatic rings. The smallest absolute Gasteiger partial charge is 0.243 e. The molecule has 2 N–H and O–H groups in total. The van der Waals surface area contributed by atoms with Crippen LogP contribution in [0, 0.1) is 0 Å². The summed E-state index contributed by atoms with van der Waals surface area (Å²) >= 11 is 0. The Labute approximate surface area is 94.6 Å². The van der Waals surface area contributed by atoms with Crippen LogP contribution in [0.5, 0.6) is 0 Å². The highest BCUT2D eigenvalue weighted by atomic mass is 16.5. The van der Waals surface area contributed by atoms with Crippen molar-refractivity contribution in [3.8, 4) is 0 Å². The van der Waals surface area contributed by atoms with Gasteiger partial charge in [0, 0.05) is 19.5 Å². The van der Waals surface area contributed by atoms with Gasteiger partial charge in [0.2, 0.25) is 5.89 Å². The van der Waals surface area contributed by atoms with Crippen LogP contribution in [0.2, 0.25) is 0 Å². The van der Waals surface area contributed by atoms with Crippen LogP contribution in [-0.4, -0.2) is 53.4 Å². The summed E-state index contributed by atoms with van der Waals surface area (Å²) in [5, 5.41) is 16.5. The topological polar surface area (TPSA) is 74.4 Å². The second-order valence-electron chi connectivity index (χ2n) is 4.45. The average molecular weight is 226 g/mol. The van der Waals surface area contributed by atoms with Crippen LogP contribution in [0.25, 0.3) is 0 Å². The Kier molecular flexibility index (Phi) is 3.52. The molecule has 90 valence electrons. The molecular weight excluding hydrogens is 208 g/mol. The number of likely N-dealkylation sites (N-methyl/N-ethyl adjacent to an activating group) is 1. The fraction of sp³-hybridized carbons (Fsp3) is 0.800. The van der Waals surface area contributed by atoms with E-state index in [-0.39, 0.29) is 12.1 Å². The second-order valence-corrected chi connectivity index (χ2v) is 4.45. The Balaban J connectivity index is 1.91. The Bertz CT molecular complexity index is 339. The summed E-state index contributed by atoms with van der Waals surface area (Å²) in [6.07, 6.45) is 1.13. The van der Waals surface area contributed by atoms with E-state index in [1.165, 1.54) is 0 Å². The molecule has 0 bridgehead atoms. The largest absolute Gasteiger partial charge is 0.392 e. The van der Waals surface area contributed by atoms with Gasteiger partial charge in [0.1, 0.15) is 0 Å². The zero-order valence-electron chi connectivity index (χ0n) is 9.68. The highest BCUT2D eigenvalue weighted by Crippen LogP contribution is 2.21. The van der Waals surface area contributed by atoms with Crippen LogP contribution in [0.4, 0.5) is 0 Å². The predicted octanol–water partition coefficient (Wildman–Crippen LogP) is -0.431. The molecule has 2 heterocycles. The molecule has 1 aromatic heterocycles. The van der Waals surface area contributed by atoms with E-state index in [0.717, 1.165) is 18.8 Å². The molecule has 1 aliphatic heterocycles. The predicted molar refractivity (Wildman–Crippen MR) is 57.9 cm³/mol. The highest BCUT2D eigenvalue weighted by molar-refractivity contribution is 4.97. The van der Waals surface area contributed by atoms with Crippen LogP contribution in [-0.2, 0) is 6.42 Å². The summed E-state index contributed by atoms with van der Waals surface area (Å²) in [5.41, 5.74) is 0. The quantitative estimate of drug-likeness (QED) is 0.725. The van der Waals surface area contributed by atoms with E-state index in [9.17, 15) is 5.11 Å². The Hall–Kier alpha value is -0.980. The standard InChI is InChI=1S/C10H18N4O2/c1-14(2)4-3-9-12-10(16-13-9)8-5-7(15)6-11-8/h7-8,11,15H,3-6H2,1-2H3/t7-,8+/m0/s1. The van der Waals surface area contributed by atoms with Crippen molar-refractivity contribution in [3.63, 3.8) is 0 Å². The maximum Gasteiger partial charge on any atom is 0.243 e. The summed E-state index contributed by atoms with van der Waals surface area (Å²) in [4.78, 5) is 6.40. The van der Waals surface area contributed by atoms with Crippen molar-refractivity contribution in [3.05, 3.63) is 11.7 Å². The summed E-state index contributed by atoms with van der Waals surface area (Å²) < 4.78 is 5.18. The first-order valence-corrected chi connectivity index (χ1v) is 5.54. The number of aliphatic hydroxyl groups excluding tert-OH is 1. The highest BCUT2D eigenvalue weighted by Gasteiger charge is 2.27. The maximum absolute atomic E-state index is 9.38. The summed E-state index contributed by atoms with van der Waals surface area (Å²) in [5.74, 6) is 1.32. The van der Waals surface area contributed by atoms with E-state index >= 15 is 0 Å². The number of aliphatic hydroxyl groups is 1. The Morgan fingerprint density at radius 2 is 2.38 bits per heavy atom. The zero-order valence-corrected chi connectivity index (χ0v) is 9.68. The number of β-amino-alcohol motifs (C(OH)–C–C–N with tert-alkyl or cyclic N) is 1. The molecule has 1 aliphatic rings. The average Bonchev–Trinajstić information content (AvgIpc) is 2.83. The van der Waals surface area contributed by atoms with Gasteiger partial charge in [-0.05, 0) is 20.5 Å². The SMILES string of the molecule is CN(C)CCc1noc([C@H]2C[C@H](O)CN2)n1. The second kappa shape index (κ2) is 4.90. The van der Waals surface area contributed by atoms with Crippen LogP contribution in [0.1, 0.15) is 24.2 Å². The minimum Gasteiger partial charge on any atom is -0.392 e. The molecule has 0 amide bonds. The van der Waals surface area contributed by atoms with Gasteiger partial charge in [0.25, 0.3) is 0 Å². The van der Waals surface area contributed by atoms with Crippen molar-refractivity contribution in [2.45, 2.75) is 25.0 Å². The molecule has 0 radical (unpaired) electrons. The molecule has 0 aromatic carbocycles. The maximum atomic E-state index is 9.38. The van der Waals surface area contributed by atoms with Crippen molar-refractivity contribution in [1.82, 2.24) is 20.4 Å². The number of nitrogens with zero attached hydrogens (tertiary/aromatic N) is 3. The van der Waals surface area contributed by atoms with Gasteiger partial charge in [-0.1, -0.05) is 5.16 Å². The molecule has 0 saturated carbocycles. The van der Waals surface area contributed by atoms with Gasteiger partial charge in [-0.3, -0.25) is 0 Å². The summed E-state index contributed by atoms with van der Waals surface area (Å²) in [7, 11) is 4.02. The van der Waals surface area contributed by atoms with E-state index in [1.54, 1.807) is 0 Å². The molecule has 6 nitrogen and oxygen atoms in total.